The van der Waals surface area contributed by atoms with E-state index < -0.39 is 11.2 Å². The van der Waals surface area contributed by atoms with Gasteiger partial charge in [0.25, 0.3) is 11.5 Å². The fourth-order valence-corrected chi connectivity index (χ4v) is 4.03. The topological polar surface area (TPSA) is 100 Å². The normalized spacial score (nSPS) is 17.4. The summed E-state index contributed by atoms with van der Waals surface area (Å²) in [5.74, 6) is 0.157. The van der Waals surface area contributed by atoms with Gasteiger partial charge < -0.3 is 10.2 Å². The van der Waals surface area contributed by atoms with E-state index in [9.17, 15) is 14.4 Å². The number of fused-ring (bicyclic) bond motifs is 1. The van der Waals surface area contributed by atoms with Crippen molar-refractivity contribution in [3.63, 3.8) is 0 Å². The number of H-pyrrole nitrogens is 1. The molecule has 1 aliphatic heterocycles. The van der Waals surface area contributed by atoms with Crippen LogP contribution in [0.15, 0.2) is 15.7 Å². The first kappa shape index (κ1) is 22.2. The lowest BCUT2D eigenvalue weighted by Crippen LogP contribution is -2.35. The Balaban J connectivity index is 1.98. The van der Waals surface area contributed by atoms with Crippen molar-refractivity contribution >= 4 is 16.9 Å². The zero-order valence-corrected chi connectivity index (χ0v) is 18.6. The van der Waals surface area contributed by atoms with Gasteiger partial charge in [-0.2, -0.15) is 0 Å². The Morgan fingerprint density at radius 1 is 1.30 bits per heavy atom. The third-order valence-corrected chi connectivity index (χ3v) is 5.85. The second-order valence-corrected chi connectivity index (χ2v) is 8.81. The van der Waals surface area contributed by atoms with Crippen molar-refractivity contribution in [3.05, 3.63) is 38.2 Å². The van der Waals surface area contributed by atoms with Gasteiger partial charge in [0.15, 0.2) is 5.65 Å². The summed E-state index contributed by atoms with van der Waals surface area (Å²) >= 11 is 0. The summed E-state index contributed by atoms with van der Waals surface area (Å²) in [6.07, 6.45) is 1.76. The molecule has 0 saturated carbocycles. The van der Waals surface area contributed by atoms with E-state index >= 15 is 0 Å². The third-order valence-electron chi connectivity index (χ3n) is 5.85. The minimum atomic E-state index is -0.567. The second kappa shape index (κ2) is 9.12. The number of pyridine rings is 1. The lowest BCUT2D eigenvalue weighted by atomic mass is 10.0. The average molecular weight is 416 g/mol. The van der Waals surface area contributed by atoms with Crippen molar-refractivity contribution in [1.82, 2.24) is 24.8 Å². The van der Waals surface area contributed by atoms with Crippen molar-refractivity contribution < 1.29 is 4.79 Å². The number of nitrogens with one attached hydrogen (secondary N) is 2. The molecule has 8 heteroatoms. The van der Waals surface area contributed by atoms with Gasteiger partial charge in [0.1, 0.15) is 0 Å². The Morgan fingerprint density at radius 2 is 2.03 bits per heavy atom. The minimum absolute atomic E-state index is 0.0554. The Labute approximate surface area is 176 Å². The first-order chi connectivity index (χ1) is 14.2. The molecule has 2 aromatic rings. The number of carbonyl (C=O) groups excluding carboxylic acids is 1. The van der Waals surface area contributed by atoms with E-state index in [2.05, 4.69) is 34.0 Å². The van der Waals surface area contributed by atoms with E-state index in [4.69, 9.17) is 0 Å². The summed E-state index contributed by atoms with van der Waals surface area (Å²) in [6.45, 7) is 13.3. The second-order valence-electron chi connectivity index (χ2n) is 8.81. The number of carbonyl (C=O) groups is 1. The lowest BCUT2D eigenvalue weighted by Gasteiger charge is -2.20. The number of rotatable bonds is 7. The monoisotopic (exact) mass is 415 g/mol. The maximum atomic E-state index is 13.1. The number of aryl methyl sites for hydroxylation is 1. The number of amides is 1. The van der Waals surface area contributed by atoms with E-state index in [1.165, 1.54) is 4.57 Å². The molecule has 0 bridgehead atoms. The van der Waals surface area contributed by atoms with Crippen LogP contribution >= 0.6 is 0 Å². The molecule has 1 atom stereocenters. The van der Waals surface area contributed by atoms with Gasteiger partial charge in [-0.05, 0) is 51.1 Å². The van der Waals surface area contributed by atoms with Crippen molar-refractivity contribution in [2.24, 2.45) is 5.92 Å². The number of nitrogens with zero attached hydrogens (tertiary/aromatic N) is 3. The molecule has 30 heavy (non-hydrogen) atoms. The van der Waals surface area contributed by atoms with Crippen LogP contribution in [0.1, 0.15) is 69.4 Å². The molecule has 1 aliphatic rings. The summed E-state index contributed by atoms with van der Waals surface area (Å²) < 4.78 is 1.46. The molecular formula is C22H33N5O3. The van der Waals surface area contributed by atoms with Gasteiger partial charge in [0, 0.05) is 31.4 Å². The molecule has 0 aromatic carbocycles. The maximum Gasteiger partial charge on any atom is 0.329 e. The quantitative estimate of drug-likeness (QED) is 0.721. The fraction of sp³-hybridized carbons (Fsp3) is 0.636. The van der Waals surface area contributed by atoms with E-state index in [1.54, 1.807) is 6.07 Å². The Hall–Kier alpha value is -2.48. The van der Waals surface area contributed by atoms with Gasteiger partial charge >= 0.3 is 5.69 Å². The molecule has 0 radical (unpaired) electrons. The molecule has 3 rings (SSSR count). The molecule has 1 amide bonds. The van der Waals surface area contributed by atoms with Gasteiger partial charge in [-0.15, -0.1) is 0 Å². The van der Waals surface area contributed by atoms with Gasteiger partial charge in [-0.1, -0.05) is 20.8 Å². The fourth-order valence-electron chi connectivity index (χ4n) is 4.03. The van der Waals surface area contributed by atoms with Crippen molar-refractivity contribution in [2.75, 3.05) is 19.6 Å². The largest absolute Gasteiger partial charge is 0.352 e. The van der Waals surface area contributed by atoms with Crippen LogP contribution in [-0.4, -0.2) is 51.0 Å². The van der Waals surface area contributed by atoms with Crippen LogP contribution in [-0.2, 0) is 6.54 Å². The summed E-state index contributed by atoms with van der Waals surface area (Å²) in [6, 6.07) is 2.19. The van der Waals surface area contributed by atoms with Crippen LogP contribution < -0.4 is 16.6 Å². The summed E-state index contributed by atoms with van der Waals surface area (Å²) in [7, 11) is 0. The average Bonchev–Trinajstić information content (AvgIpc) is 3.17. The van der Waals surface area contributed by atoms with Crippen molar-refractivity contribution in [1.29, 1.82) is 0 Å². The highest BCUT2D eigenvalue weighted by Gasteiger charge is 2.26. The van der Waals surface area contributed by atoms with Gasteiger partial charge in [0.05, 0.1) is 10.9 Å². The van der Waals surface area contributed by atoms with Crippen LogP contribution in [0.5, 0.6) is 0 Å². The maximum absolute atomic E-state index is 13.1. The highest BCUT2D eigenvalue weighted by atomic mass is 16.2. The van der Waals surface area contributed by atoms with Gasteiger partial charge in [-0.25, -0.2) is 9.78 Å². The smallest absolute Gasteiger partial charge is 0.329 e. The van der Waals surface area contributed by atoms with Crippen LogP contribution in [0, 0.1) is 5.92 Å². The zero-order valence-electron chi connectivity index (χ0n) is 18.6. The molecule has 1 saturated heterocycles. The number of likely N-dealkylation sites (tertiary alicyclic amines) is 1. The highest BCUT2D eigenvalue weighted by molar-refractivity contribution is 6.05. The molecule has 2 aromatic heterocycles. The predicted octanol–water partition coefficient (Wildman–Crippen LogP) is 2.08. The zero-order chi connectivity index (χ0) is 22.0. The molecule has 164 valence electrons. The number of hydrogen-bond acceptors (Lipinski definition) is 5. The molecule has 8 nitrogen and oxygen atoms in total. The van der Waals surface area contributed by atoms with Crippen LogP contribution in [0.3, 0.4) is 0 Å². The Morgan fingerprint density at radius 3 is 2.63 bits per heavy atom. The Bertz CT molecular complexity index is 1040. The van der Waals surface area contributed by atoms with E-state index in [0.717, 1.165) is 19.5 Å². The number of hydrogen-bond donors (Lipinski definition) is 2. The van der Waals surface area contributed by atoms with E-state index in [1.807, 2.05) is 20.8 Å². The molecule has 0 spiro atoms. The van der Waals surface area contributed by atoms with Crippen LogP contribution in [0.2, 0.25) is 0 Å². The number of aromatic amines is 1. The molecular weight excluding hydrogens is 382 g/mol. The predicted molar refractivity (Wildman–Crippen MR) is 118 cm³/mol. The van der Waals surface area contributed by atoms with Crippen LogP contribution in [0.25, 0.3) is 11.0 Å². The molecule has 2 N–H and O–H groups in total. The molecule has 0 unspecified atom stereocenters. The van der Waals surface area contributed by atoms with Crippen molar-refractivity contribution in [3.8, 4) is 0 Å². The standard InChI is InChI=1S/C22H33N5O3/c1-6-8-27-19-18(21(29)25-22(27)30)16(10-17(24-19)13(2)3)20(28)23-11-15-7-9-26(12-15)14(4)5/h10,13-15H,6-9,11-12H2,1-5H3,(H,23,28)(H,25,29,30)/t15-/m1/s1. The van der Waals surface area contributed by atoms with E-state index in [0.29, 0.717) is 37.2 Å². The van der Waals surface area contributed by atoms with E-state index in [-0.39, 0.29) is 28.4 Å². The molecule has 3 heterocycles. The van der Waals surface area contributed by atoms with Gasteiger partial charge in [0.2, 0.25) is 0 Å². The van der Waals surface area contributed by atoms with Gasteiger partial charge in [-0.3, -0.25) is 19.1 Å². The third kappa shape index (κ3) is 4.48. The minimum Gasteiger partial charge on any atom is -0.352 e. The SMILES string of the molecule is CCCn1c(=O)[nH]c(=O)c2c(C(=O)NC[C@H]3CCN(C(C)C)C3)cc(C(C)C)nc21. The Kier molecular flexibility index (Phi) is 6.75. The summed E-state index contributed by atoms with van der Waals surface area (Å²) in [4.78, 5) is 47.5. The number of aromatic nitrogens is 3. The van der Waals surface area contributed by atoms with Crippen LogP contribution in [0.4, 0.5) is 0 Å². The molecule has 0 aliphatic carbocycles. The summed E-state index contributed by atoms with van der Waals surface area (Å²) in [5.41, 5.74) is 0.202. The molecule has 1 fully saturated rings. The first-order valence-corrected chi connectivity index (χ1v) is 10.9. The van der Waals surface area contributed by atoms with Crippen molar-refractivity contribution in [2.45, 2.75) is 66.0 Å². The first-order valence-electron chi connectivity index (χ1n) is 10.9. The lowest BCUT2D eigenvalue weighted by molar-refractivity contribution is 0.0948. The summed E-state index contributed by atoms with van der Waals surface area (Å²) in [5, 5.41) is 3.20. The highest BCUT2D eigenvalue weighted by Crippen LogP contribution is 2.21.